The number of benzene rings is 1. The molecule has 0 spiro atoms. The van der Waals surface area contributed by atoms with Crippen LogP contribution in [0.25, 0.3) is 0 Å². The van der Waals surface area contributed by atoms with E-state index in [1.54, 1.807) is 6.07 Å². The van der Waals surface area contributed by atoms with Crippen LogP contribution in [-0.2, 0) is 21.6 Å². The summed E-state index contributed by atoms with van der Waals surface area (Å²) in [7, 11) is -4.66. The molecule has 0 saturated heterocycles. The van der Waals surface area contributed by atoms with E-state index in [9.17, 15) is 18.3 Å². The Kier molecular flexibility index (Phi) is 3.61. The van der Waals surface area contributed by atoms with Crippen molar-refractivity contribution in [3.63, 3.8) is 0 Å². The van der Waals surface area contributed by atoms with E-state index in [0.29, 0.717) is 30.0 Å². The third-order valence-electron chi connectivity index (χ3n) is 6.07. The largest absolute Gasteiger partial charge is 0.504 e. The zero-order chi connectivity index (χ0) is 17.1. The first-order chi connectivity index (χ1) is 11.3. The fourth-order valence-corrected chi connectivity index (χ4v) is 5.55. The third kappa shape index (κ3) is 2.59. The van der Waals surface area contributed by atoms with Crippen LogP contribution in [-0.4, -0.2) is 23.9 Å². The van der Waals surface area contributed by atoms with Gasteiger partial charge in [0.05, 0.1) is 0 Å². The number of aromatic hydroxyl groups is 1. The van der Waals surface area contributed by atoms with Crippen LogP contribution in [0, 0.1) is 17.8 Å². The van der Waals surface area contributed by atoms with Gasteiger partial charge in [0, 0.05) is 12.3 Å². The van der Waals surface area contributed by atoms with Crippen molar-refractivity contribution in [3.8, 4) is 11.5 Å². The van der Waals surface area contributed by atoms with Crippen molar-refractivity contribution in [3.05, 3.63) is 23.3 Å². The van der Waals surface area contributed by atoms with Gasteiger partial charge in [0.2, 0.25) is 0 Å². The van der Waals surface area contributed by atoms with Gasteiger partial charge in [0.25, 0.3) is 0 Å². The fraction of sp³-hybridized carbons (Fsp3) is 0.588. The van der Waals surface area contributed by atoms with E-state index in [2.05, 4.69) is 4.18 Å². The number of phenolic OH excluding ortho intramolecular Hbond substituents is 1. The molecular formula is C17H20O6S. The Hall–Kier alpha value is -1.60. The van der Waals surface area contributed by atoms with Crippen molar-refractivity contribution in [2.45, 2.75) is 44.4 Å². The molecule has 130 valence electrons. The van der Waals surface area contributed by atoms with Gasteiger partial charge < -0.3 is 9.29 Å². The average molecular weight is 352 g/mol. The maximum atomic E-state index is 12.0. The topological polar surface area (TPSA) is 101 Å². The number of phenols is 1. The summed E-state index contributed by atoms with van der Waals surface area (Å²) in [6, 6.07) is 3.09. The van der Waals surface area contributed by atoms with Gasteiger partial charge in [0.1, 0.15) is 5.78 Å². The van der Waals surface area contributed by atoms with Crippen LogP contribution in [0.2, 0.25) is 0 Å². The molecule has 24 heavy (non-hydrogen) atoms. The van der Waals surface area contributed by atoms with Crippen molar-refractivity contribution in [2.75, 3.05) is 0 Å². The highest BCUT2D eigenvalue weighted by atomic mass is 32.3. The Morgan fingerprint density at radius 2 is 1.67 bits per heavy atom. The van der Waals surface area contributed by atoms with Crippen molar-refractivity contribution in [1.29, 1.82) is 0 Å². The molecule has 0 heterocycles. The summed E-state index contributed by atoms with van der Waals surface area (Å²) in [5, 5.41) is 10.1. The predicted molar refractivity (Wildman–Crippen MR) is 85.3 cm³/mol. The third-order valence-corrected chi connectivity index (χ3v) is 6.46. The number of fused-ring (bicyclic) bond motifs is 5. The molecule has 4 rings (SSSR count). The lowest BCUT2D eigenvalue weighted by atomic mass is 9.61. The quantitative estimate of drug-likeness (QED) is 0.794. The molecule has 1 aromatic carbocycles. The van der Waals surface area contributed by atoms with Crippen LogP contribution >= 0.6 is 0 Å². The minimum absolute atomic E-state index is 0.212. The van der Waals surface area contributed by atoms with Gasteiger partial charge >= 0.3 is 10.4 Å². The van der Waals surface area contributed by atoms with Gasteiger partial charge in [0.15, 0.2) is 11.5 Å². The first-order valence-electron chi connectivity index (χ1n) is 8.39. The summed E-state index contributed by atoms with van der Waals surface area (Å²) in [5.41, 5.74) is 1.99. The molecule has 3 aliphatic carbocycles. The molecule has 4 atom stereocenters. The van der Waals surface area contributed by atoms with Crippen LogP contribution in [0.1, 0.15) is 49.1 Å². The lowest BCUT2D eigenvalue weighted by Crippen LogP contribution is -2.35. The van der Waals surface area contributed by atoms with Crippen molar-refractivity contribution in [2.24, 2.45) is 17.8 Å². The van der Waals surface area contributed by atoms with Gasteiger partial charge in [-0.25, -0.2) is 0 Å². The van der Waals surface area contributed by atoms with Crippen molar-refractivity contribution >= 4 is 16.2 Å². The normalized spacial score (nSPS) is 32.0. The van der Waals surface area contributed by atoms with E-state index in [1.165, 1.54) is 6.07 Å². The highest BCUT2D eigenvalue weighted by Crippen LogP contribution is 2.55. The number of Topliss-reactive ketones (excluding diaryl/α,β-unsaturated/α-hetero) is 1. The van der Waals surface area contributed by atoms with Gasteiger partial charge in [-0.15, -0.1) is 0 Å². The lowest BCUT2D eigenvalue weighted by Gasteiger charge is -2.43. The standard InChI is InChI=1S/C17H20O6S/c18-15-6-5-11-10-2-1-9-7-17(23-24(20,21)22)16(19)8-14(9)12(10)3-4-13(11)15/h7-8,10-13,19H,1-6H2,(H,20,21,22)/t10-,11-,12-,13-/m0/s1. The SMILES string of the molecule is O=C1CC[C@H]2[C@@H]3CCc4cc(OS(=O)(=O)O)c(O)cc4[C@H]3CC[C@H]12. The minimum Gasteiger partial charge on any atom is -0.504 e. The van der Waals surface area contributed by atoms with Crippen LogP contribution < -0.4 is 4.18 Å². The van der Waals surface area contributed by atoms with Crippen LogP contribution in [0.3, 0.4) is 0 Å². The number of carbonyl (C=O) groups excluding carboxylic acids is 1. The molecule has 2 saturated carbocycles. The molecule has 3 aliphatic rings. The number of carbonyl (C=O) groups is 1. The molecule has 0 unspecified atom stereocenters. The zero-order valence-corrected chi connectivity index (χ0v) is 14.0. The molecule has 2 N–H and O–H groups in total. The smallest absolute Gasteiger partial charge is 0.446 e. The molecule has 0 aromatic heterocycles. The Balaban J connectivity index is 1.68. The van der Waals surface area contributed by atoms with Gasteiger partial charge in [-0.3, -0.25) is 9.35 Å². The summed E-state index contributed by atoms with van der Waals surface area (Å²) >= 11 is 0. The molecule has 0 bridgehead atoms. The molecule has 2 fully saturated rings. The fourth-order valence-electron chi connectivity index (χ4n) is 5.19. The van der Waals surface area contributed by atoms with Gasteiger partial charge in [-0.1, -0.05) is 0 Å². The number of ketones is 1. The summed E-state index contributed by atoms with van der Waals surface area (Å²) in [6.07, 6.45) is 5.20. The highest BCUT2D eigenvalue weighted by Gasteiger charge is 2.47. The Morgan fingerprint density at radius 3 is 2.42 bits per heavy atom. The van der Waals surface area contributed by atoms with Crippen LogP contribution in [0.4, 0.5) is 0 Å². The van der Waals surface area contributed by atoms with E-state index < -0.39 is 10.4 Å². The molecule has 1 aromatic rings. The molecule has 6 nitrogen and oxygen atoms in total. The van der Waals surface area contributed by atoms with E-state index in [0.717, 1.165) is 43.2 Å². The Labute approximate surface area is 140 Å². The number of rotatable bonds is 2. The lowest BCUT2D eigenvalue weighted by molar-refractivity contribution is -0.122. The predicted octanol–water partition coefficient (Wildman–Crippen LogP) is 2.61. The molecule has 0 aliphatic heterocycles. The van der Waals surface area contributed by atoms with E-state index >= 15 is 0 Å². The van der Waals surface area contributed by atoms with Crippen LogP contribution in [0.5, 0.6) is 11.5 Å². The first-order valence-corrected chi connectivity index (χ1v) is 9.75. The average Bonchev–Trinajstić information content (AvgIpc) is 2.88. The first kappa shape index (κ1) is 15.9. The van der Waals surface area contributed by atoms with Crippen molar-refractivity contribution < 1.29 is 27.1 Å². The molecule has 7 heteroatoms. The van der Waals surface area contributed by atoms with E-state index in [-0.39, 0.29) is 17.4 Å². The molecule has 0 radical (unpaired) electrons. The van der Waals surface area contributed by atoms with Crippen molar-refractivity contribution in [1.82, 2.24) is 0 Å². The van der Waals surface area contributed by atoms with E-state index in [1.807, 2.05) is 0 Å². The second kappa shape index (κ2) is 5.46. The second-order valence-corrected chi connectivity index (χ2v) is 8.21. The van der Waals surface area contributed by atoms with Crippen LogP contribution in [0.15, 0.2) is 12.1 Å². The van der Waals surface area contributed by atoms with E-state index in [4.69, 9.17) is 4.55 Å². The number of hydrogen-bond acceptors (Lipinski definition) is 5. The highest BCUT2D eigenvalue weighted by molar-refractivity contribution is 7.81. The summed E-state index contributed by atoms with van der Waals surface area (Å²) in [6.45, 7) is 0. The molecule has 0 amide bonds. The summed E-state index contributed by atoms with van der Waals surface area (Å²) < 4.78 is 35.1. The monoisotopic (exact) mass is 352 g/mol. The number of aryl methyl sites for hydroxylation is 1. The number of hydrogen-bond donors (Lipinski definition) is 2. The second-order valence-electron chi connectivity index (χ2n) is 7.19. The maximum absolute atomic E-state index is 12.0. The summed E-state index contributed by atoms with van der Waals surface area (Å²) in [4.78, 5) is 12.0. The summed E-state index contributed by atoms with van der Waals surface area (Å²) in [5.74, 6) is 1.30. The van der Waals surface area contributed by atoms with Gasteiger partial charge in [-0.05, 0) is 73.1 Å². The Bertz CT molecular complexity index is 800. The Morgan fingerprint density at radius 1 is 1.00 bits per heavy atom. The van der Waals surface area contributed by atoms with Gasteiger partial charge in [-0.2, -0.15) is 8.42 Å². The molecular weight excluding hydrogens is 332 g/mol. The zero-order valence-electron chi connectivity index (χ0n) is 13.1. The minimum atomic E-state index is -4.66. The maximum Gasteiger partial charge on any atom is 0.446 e.